The van der Waals surface area contributed by atoms with E-state index < -0.39 is 11.3 Å². The van der Waals surface area contributed by atoms with Crippen molar-refractivity contribution in [1.82, 2.24) is 5.73 Å². The summed E-state index contributed by atoms with van der Waals surface area (Å²) in [6.07, 6.45) is 1.57. The normalized spacial score (nSPS) is 15.5. The molecule has 149 valence electrons. The highest BCUT2D eigenvalue weighted by Gasteiger charge is 2.51. The number of rotatable bonds is 5. The summed E-state index contributed by atoms with van der Waals surface area (Å²) in [4.78, 5) is 24.5. The molecule has 0 atom stereocenters. The molecule has 3 aromatic rings. The number of carbonyl (C=O) groups is 2. The number of benzene rings is 3. The number of anilines is 1. The van der Waals surface area contributed by atoms with E-state index in [0.29, 0.717) is 22.7 Å². The number of ether oxygens (including phenoxy) is 2. The second-order valence-corrected chi connectivity index (χ2v) is 7.60. The molecule has 6 nitrogen and oxygen atoms in total. The Labute approximate surface area is 173 Å². The van der Waals surface area contributed by atoms with Gasteiger partial charge < -0.3 is 14.8 Å². The van der Waals surface area contributed by atoms with Crippen molar-refractivity contribution in [2.24, 2.45) is 0 Å². The predicted octanol–water partition coefficient (Wildman–Crippen LogP) is 4.18. The van der Waals surface area contributed by atoms with Gasteiger partial charge in [0, 0.05) is 11.3 Å². The Morgan fingerprint density at radius 2 is 1.60 bits per heavy atom. The van der Waals surface area contributed by atoms with Gasteiger partial charge in [0.05, 0.1) is 5.41 Å². The quantitative estimate of drug-likeness (QED) is 0.697. The average Bonchev–Trinajstić information content (AvgIpc) is 3.45. The van der Waals surface area contributed by atoms with Gasteiger partial charge in [0.2, 0.25) is 12.7 Å². The van der Waals surface area contributed by atoms with Gasteiger partial charge in [-0.3, -0.25) is 15.3 Å². The summed E-state index contributed by atoms with van der Waals surface area (Å²) in [5.41, 5.74) is 10.4. The highest BCUT2D eigenvalue weighted by molar-refractivity contribution is 6.02. The fourth-order valence-corrected chi connectivity index (χ4v) is 3.83. The van der Waals surface area contributed by atoms with E-state index in [9.17, 15) is 9.59 Å². The molecule has 1 heterocycles. The first-order valence-electron chi connectivity index (χ1n) is 9.73. The standard InChI is InChI=1S/C24H19N2O4/c25-22(27)17-5-1-3-15(11-17)16-4-2-6-19(12-16)26-23(28)24(9-10-24)18-7-8-20-21(13-18)30-14-29-20/h1-8,11-13,25H,9-10,14H2,(H,26,28). The molecule has 1 fully saturated rings. The first-order valence-corrected chi connectivity index (χ1v) is 9.73. The van der Waals surface area contributed by atoms with E-state index in [0.717, 1.165) is 29.5 Å². The summed E-state index contributed by atoms with van der Waals surface area (Å²) in [5.74, 6) is 0.614. The van der Waals surface area contributed by atoms with Gasteiger partial charge in [0.15, 0.2) is 11.5 Å². The van der Waals surface area contributed by atoms with Crippen molar-refractivity contribution < 1.29 is 19.1 Å². The van der Waals surface area contributed by atoms with E-state index in [2.05, 4.69) is 5.32 Å². The van der Waals surface area contributed by atoms with Gasteiger partial charge in [-0.2, -0.15) is 0 Å². The van der Waals surface area contributed by atoms with Crippen molar-refractivity contribution in [2.75, 3.05) is 12.1 Å². The summed E-state index contributed by atoms with van der Waals surface area (Å²) in [6.45, 7) is 0.206. The molecule has 0 unspecified atom stereocenters. The molecule has 0 bridgehead atoms. The lowest BCUT2D eigenvalue weighted by atomic mass is 9.94. The largest absolute Gasteiger partial charge is 0.454 e. The Balaban J connectivity index is 1.39. The monoisotopic (exact) mass is 399 g/mol. The lowest BCUT2D eigenvalue weighted by Crippen LogP contribution is -2.27. The molecule has 0 saturated heterocycles. The first-order chi connectivity index (χ1) is 14.5. The number of nitrogens with one attached hydrogen (secondary N) is 2. The zero-order valence-corrected chi connectivity index (χ0v) is 16.1. The van der Waals surface area contributed by atoms with Crippen LogP contribution in [0.2, 0.25) is 0 Å². The number of fused-ring (bicyclic) bond motifs is 1. The Morgan fingerprint density at radius 3 is 2.37 bits per heavy atom. The third-order valence-corrected chi connectivity index (χ3v) is 5.69. The van der Waals surface area contributed by atoms with Crippen LogP contribution in [0.25, 0.3) is 11.1 Å². The summed E-state index contributed by atoms with van der Waals surface area (Å²) >= 11 is 0. The van der Waals surface area contributed by atoms with E-state index in [4.69, 9.17) is 15.2 Å². The van der Waals surface area contributed by atoms with Crippen molar-refractivity contribution in [2.45, 2.75) is 18.3 Å². The van der Waals surface area contributed by atoms with Gasteiger partial charge in [-0.15, -0.1) is 0 Å². The number of carbonyl (C=O) groups excluding carboxylic acids is 2. The van der Waals surface area contributed by atoms with E-state index in [-0.39, 0.29) is 12.7 Å². The zero-order chi connectivity index (χ0) is 20.7. The zero-order valence-electron chi connectivity index (χ0n) is 16.1. The molecule has 1 aliphatic carbocycles. The van der Waals surface area contributed by atoms with Crippen LogP contribution in [0.5, 0.6) is 11.5 Å². The fraction of sp³-hybridized carbons (Fsp3) is 0.167. The van der Waals surface area contributed by atoms with Crippen LogP contribution in [-0.4, -0.2) is 18.6 Å². The van der Waals surface area contributed by atoms with Crippen molar-refractivity contribution in [1.29, 1.82) is 0 Å². The van der Waals surface area contributed by atoms with E-state index in [1.54, 1.807) is 18.2 Å². The van der Waals surface area contributed by atoms with E-state index >= 15 is 0 Å². The van der Waals surface area contributed by atoms with E-state index in [1.165, 1.54) is 0 Å². The van der Waals surface area contributed by atoms with Crippen LogP contribution in [0.4, 0.5) is 5.69 Å². The molecular formula is C24H19N2O4. The maximum Gasteiger partial charge on any atom is 0.269 e. The van der Waals surface area contributed by atoms with Crippen LogP contribution >= 0.6 is 0 Å². The maximum absolute atomic E-state index is 13.1. The van der Waals surface area contributed by atoms with Crippen molar-refractivity contribution in [3.05, 3.63) is 77.9 Å². The number of hydrogen-bond acceptors (Lipinski definition) is 4. The Bertz CT molecular complexity index is 1170. The molecular weight excluding hydrogens is 380 g/mol. The van der Waals surface area contributed by atoms with Crippen molar-refractivity contribution in [3.8, 4) is 22.6 Å². The van der Waals surface area contributed by atoms with Crippen LogP contribution in [0.15, 0.2) is 66.7 Å². The molecule has 1 radical (unpaired) electrons. The average molecular weight is 399 g/mol. The number of hydrogen-bond donors (Lipinski definition) is 1. The molecule has 30 heavy (non-hydrogen) atoms. The summed E-state index contributed by atoms with van der Waals surface area (Å²) in [6, 6.07) is 20.1. The Morgan fingerprint density at radius 1 is 0.867 bits per heavy atom. The highest BCUT2D eigenvalue weighted by atomic mass is 16.7. The Kier molecular flexibility index (Phi) is 4.20. The molecule has 3 aromatic carbocycles. The second kappa shape index (κ2) is 6.91. The Hall–Kier alpha value is -3.80. The summed E-state index contributed by atoms with van der Waals surface area (Å²) in [5, 5.41) is 3.04. The molecule has 2 N–H and O–H groups in total. The summed E-state index contributed by atoms with van der Waals surface area (Å²) in [7, 11) is 0. The third kappa shape index (κ3) is 3.16. The van der Waals surface area contributed by atoms with Crippen LogP contribution < -0.4 is 20.5 Å². The molecule has 2 amide bonds. The minimum Gasteiger partial charge on any atom is -0.454 e. The minimum atomic E-state index is -0.722. The SMILES string of the molecule is [NH]C(=O)c1cccc(-c2cccc(NC(=O)C3(c4ccc5c(c4)OCO5)CC3)c2)c1. The lowest BCUT2D eigenvalue weighted by molar-refractivity contribution is -0.118. The van der Waals surface area contributed by atoms with Gasteiger partial charge >= 0.3 is 0 Å². The molecule has 2 aliphatic rings. The molecule has 1 aliphatic heterocycles. The lowest BCUT2D eigenvalue weighted by Gasteiger charge is -2.17. The smallest absolute Gasteiger partial charge is 0.269 e. The van der Waals surface area contributed by atoms with Crippen molar-refractivity contribution in [3.63, 3.8) is 0 Å². The van der Waals surface area contributed by atoms with Crippen LogP contribution in [0.3, 0.4) is 0 Å². The third-order valence-electron chi connectivity index (χ3n) is 5.69. The topological polar surface area (TPSA) is 88.4 Å². The maximum atomic E-state index is 13.1. The fourth-order valence-electron chi connectivity index (χ4n) is 3.83. The summed E-state index contributed by atoms with van der Waals surface area (Å²) < 4.78 is 10.8. The van der Waals surface area contributed by atoms with Crippen LogP contribution in [-0.2, 0) is 10.2 Å². The second-order valence-electron chi connectivity index (χ2n) is 7.60. The molecule has 1 saturated carbocycles. The predicted molar refractivity (Wildman–Crippen MR) is 111 cm³/mol. The molecule has 6 heteroatoms. The van der Waals surface area contributed by atoms with Crippen LogP contribution in [0, 0.1) is 0 Å². The van der Waals surface area contributed by atoms with Crippen molar-refractivity contribution >= 4 is 17.5 Å². The molecule has 5 rings (SSSR count). The number of amides is 2. The van der Waals surface area contributed by atoms with Gasteiger partial charge in [-0.25, -0.2) is 0 Å². The van der Waals surface area contributed by atoms with Crippen LogP contribution in [0.1, 0.15) is 28.8 Å². The first kappa shape index (κ1) is 18.2. The van der Waals surface area contributed by atoms with E-state index in [1.807, 2.05) is 48.5 Å². The molecule has 0 aromatic heterocycles. The minimum absolute atomic E-state index is 0.0476. The van der Waals surface area contributed by atoms with Gasteiger partial charge in [-0.05, 0) is 65.9 Å². The van der Waals surface area contributed by atoms with Gasteiger partial charge in [0.1, 0.15) is 0 Å². The van der Waals surface area contributed by atoms with Gasteiger partial charge in [0.25, 0.3) is 5.91 Å². The molecule has 0 spiro atoms. The highest BCUT2D eigenvalue weighted by Crippen LogP contribution is 2.51. The van der Waals surface area contributed by atoms with Gasteiger partial charge in [-0.1, -0.05) is 30.3 Å².